The second kappa shape index (κ2) is 11.1. The Morgan fingerprint density at radius 3 is 2.66 bits per heavy atom. The lowest BCUT2D eigenvalue weighted by atomic mass is 10.1. The lowest BCUT2D eigenvalue weighted by Gasteiger charge is -2.10. The number of carbonyl (C=O) groups excluding carboxylic acids is 1. The number of ether oxygens (including phenoxy) is 2. The fourth-order valence-electron chi connectivity index (χ4n) is 3.21. The highest BCUT2D eigenvalue weighted by atomic mass is 16.5. The number of benzene rings is 2. The van der Waals surface area contributed by atoms with Crippen LogP contribution in [0.4, 0.5) is 0 Å². The monoisotopic (exact) mass is 396 g/mol. The van der Waals surface area contributed by atoms with Crippen LogP contribution in [0.15, 0.2) is 48.2 Å². The van der Waals surface area contributed by atoms with E-state index in [0.29, 0.717) is 24.7 Å². The van der Waals surface area contributed by atoms with Crippen molar-refractivity contribution in [3.8, 4) is 5.75 Å². The first-order valence-electron chi connectivity index (χ1n) is 10.2. The molecule has 0 aromatic heterocycles. The van der Waals surface area contributed by atoms with Crippen molar-refractivity contribution < 1.29 is 14.3 Å². The molecule has 0 fully saturated rings. The van der Waals surface area contributed by atoms with E-state index in [0.717, 1.165) is 29.7 Å². The Hall–Kier alpha value is -2.95. The summed E-state index contributed by atoms with van der Waals surface area (Å²) in [6.07, 6.45) is 1.83. The van der Waals surface area contributed by atoms with E-state index < -0.39 is 0 Å². The molecule has 0 radical (unpaired) electrons. The predicted octanol–water partition coefficient (Wildman–Crippen LogP) is 4.33. The van der Waals surface area contributed by atoms with E-state index in [1.54, 1.807) is 7.11 Å². The van der Waals surface area contributed by atoms with Crippen molar-refractivity contribution in [2.45, 2.75) is 40.5 Å². The molecular weight excluding hydrogens is 364 g/mol. The predicted molar refractivity (Wildman–Crippen MR) is 118 cm³/mol. The van der Waals surface area contributed by atoms with Crippen LogP contribution in [0.25, 0.3) is 5.76 Å². The zero-order valence-corrected chi connectivity index (χ0v) is 18.1. The van der Waals surface area contributed by atoms with Gasteiger partial charge in [-0.15, -0.1) is 0 Å². The maximum atomic E-state index is 12.6. The molecular formula is C24H32N2O3. The molecule has 0 saturated carbocycles. The van der Waals surface area contributed by atoms with E-state index in [1.807, 2.05) is 39.0 Å². The van der Waals surface area contributed by atoms with Gasteiger partial charge in [-0.2, -0.15) is 0 Å². The Labute approximate surface area is 174 Å². The summed E-state index contributed by atoms with van der Waals surface area (Å²) < 4.78 is 11.0. The number of rotatable bonds is 7. The first kappa shape index (κ1) is 22.3. The summed E-state index contributed by atoms with van der Waals surface area (Å²) in [5.41, 5.74) is 4.89. The van der Waals surface area contributed by atoms with Crippen LogP contribution in [0.2, 0.25) is 0 Å². The molecule has 29 heavy (non-hydrogen) atoms. The Balaban J connectivity index is 0.00000145. The lowest BCUT2D eigenvalue weighted by Crippen LogP contribution is -2.31. The Bertz CT molecular complexity index is 859. The van der Waals surface area contributed by atoms with Gasteiger partial charge in [-0.25, -0.2) is 0 Å². The van der Waals surface area contributed by atoms with Gasteiger partial charge in [0.05, 0.1) is 7.11 Å². The fraction of sp³-hybridized carbons (Fsp3) is 0.375. The number of carbonyl (C=O) groups is 1. The third-order valence-corrected chi connectivity index (χ3v) is 4.59. The molecule has 2 aromatic carbocycles. The van der Waals surface area contributed by atoms with Gasteiger partial charge in [0.15, 0.2) is 12.5 Å². The van der Waals surface area contributed by atoms with Gasteiger partial charge < -0.3 is 20.1 Å². The van der Waals surface area contributed by atoms with Crippen LogP contribution in [0.1, 0.15) is 42.5 Å². The van der Waals surface area contributed by atoms with Crippen molar-refractivity contribution in [3.63, 3.8) is 0 Å². The van der Waals surface area contributed by atoms with Crippen LogP contribution in [0, 0.1) is 13.8 Å². The molecule has 0 spiro atoms. The van der Waals surface area contributed by atoms with Gasteiger partial charge in [-0.3, -0.25) is 4.79 Å². The maximum Gasteiger partial charge on any atom is 0.271 e. The Kier molecular flexibility index (Phi) is 8.59. The number of amides is 1. The maximum absolute atomic E-state index is 12.6. The zero-order valence-electron chi connectivity index (χ0n) is 18.1. The highest BCUT2D eigenvalue weighted by molar-refractivity contribution is 6.00. The summed E-state index contributed by atoms with van der Waals surface area (Å²) in [4.78, 5) is 12.6. The molecule has 0 bridgehead atoms. The van der Waals surface area contributed by atoms with Crippen LogP contribution in [-0.2, 0) is 16.0 Å². The molecule has 1 heterocycles. The summed E-state index contributed by atoms with van der Waals surface area (Å²) in [7, 11) is 1.64. The molecule has 0 atom stereocenters. The molecule has 3 rings (SSSR count). The molecule has 1 aliphatic rings. The zero-order chi connectivity index (χ0) is 21.2. The number of hydrogen-bond donors (Lipinski definition) is 2. The number of hydrogen-bond acceptors (Lipinski definition) is 4. The normalized spacial score (nSPS) is 12.4. The van der Waals surface area contributed by atoms with Gasteiger partial charge in [0.2, 0.25) is 0 Å². The molecule has 0 saturated heterocycles. The molecule has 2 N–H and O–H groups in total. The van der Waals surface area contributed by atoms with Crippen LogP contribution < -0.4 is 15.4 Å². The summed E-state index contributed by atoms with van der Waals surface area (Å²) >= 11 is 0. The van der Waals surface area contributed by atoms with Crippen molar-refractivity contribution in [3.05, 3.63) is 70.4 Å². The third-order valence-electron chi connectivity index (χ3n) is 4.59. The molecule has 2 aromatic rings. The molecule has 0 unspecified atom stereocenters. The number of aryl methyl sites for hydroxylation is 3. The first-order chi connectivity index (χ1) is 14.1. The van der Waals surface area contributed by atoms with Crippen LogP contribution in [0.5, 0.6) is 5.75 Å². The van der Waals surface area contributed by atoms with Crippen molar-refractivity contribution in [2.75, 3.05) is 20.4 Å². The summed E-state index contributed by atoms with van der Waals surface area (Å²) in [6, 6.07) is 14.2. The minimum absolute atomic E-state index is 0.139. The SMILES string of the molecule is CC.COc1ccc(C2=C(C(=O)NCCCc3cccc(C)c3)NCO2)cc1C. The lowest BCUT2D eigenvalue weighted by molar-refractivity contribution is -0.117. The second-order valence-electron chi connectivity index (χ2n) is 6.70. The number of nitrogens with one attached hydrogen (secondary N) is 2. The van der Waals surface area contributed by atoms with Crippen LogP contribution >= 0.6 is 0 Å². The van der Waals surface area contributed by atoms with Crippen molar-refractivity contribution >= 4 is 11.7 Å². The Morgan fingerprint density at radius 1 is 1.17 bits per heavy atom. The topological polar surface area (TPSA) is 59.6 Å². The fourth-order valence-corrected chi connectivity index (χ4v) is 3.21. The van der Waals surface area contributed by atoms with E-state index >= 15 is 0 Å². The van der Waals surface area contributed by atoms with Crippen LogP contribution in [-0.4, -0.2) is 26.3 Å². The average molecular weight is 397 g/mol. The number of methoxy groups -OCH3 is 1. The van der Waals surface area contributed by atoms with Crippen molar-refractivity contribution in [2.24, 2.45) is 0 Å². The largest absolute Gasteiger partial charge is 0.496 e. The highest BCUT2D eigenvalue weighted by Gasteiger charge is 2.23. The van der Waals surface area contributed by atoms with Gasteiger partial charge in [0.1, 0.15) is 11.4 Å². The molecule has 0 aliphatic carbocycles. The summed E-state index contributed by atoms with van der Waals surface area (Å²) in [6.45, 7) is 8.97. The highest BCUT2D eigenvalue weighted by Crippen LogP contribution is 2.27. The average Bonchev–Trinajstić information content (AvgIpc) is 3.22. The van der Waals surface area contributed by atoms with E-state index in [1.165, 1.54) is 11.1 Å². The first-order valence-corrected chi connectivity index (χ1v) is 10.2. The molecule has 5 nitrogen and oxygen atoms in total. The smallest absolute Gasteiger partial charge is 0.271 e. The van der Waals surface area contributed by atoms with Gasteiger partial charge in [-0.1, -0.05) is 43.7 Å². The third kappa shape index (κ3) is 6.01. The van der Waals surface area contributed by atoms with Gasteiger partial charge in [0, 0.05) is 12.1 Å². The Morgan fingerprint density at radius 2 is 1.97 bits per heavy atom. The van der Waals surface area contributed by atoms with Gasteiger partial charge in [-0.05, 0) is 56.0 Å². The van der Waals surface area contributed by atoms with Crippen molar-refractivity contribution in [1.29, 1.82) is 0 Å². The van der Waals surface area contributed by atoms with E-state index in [9.17, 15) is 4.79 Å². The minimum atomic E-state index is -0.139. The van der Waals surface area contributed by atoms with E-state index in [4.69, 9.17) is 9.47 Å². The van der Waals surface area contributed by atoms with Gasteiger partial charge >= 0.3 is 0 Å². The molecule has 5 heteroatoms. The second-order valence-corrected chi connectivity index (χ2v) is 6.70. The molecule has 156 valence electrons. The van der Waals surface area contributed by atoms with E-state index in [2.05, 4.69) is 41.8 Å². The van der Waals surface area contributed by atoms with Gasteiger partial charge in [0.25, 0.3) is 5.91 Å². The minimum Gasteiger partial charge on any atom is -0.496 e. The van der Waals surface area contributed by atoms with Crippen molar-refractivity contribution in [1.82, 2.24) is 10.6 Å². The molecule has 1 amide bonds. The summed E-state index contributed by atoms with van der Waals surface area (Å²) in [5, 5.41) is 6.02. The van der Waals surface area contributed by atoms with Crippen LogP contribution in [0.3, 0.4) is 0 Å². The standard InChI is InChI=1S/C22H26N2O3.C2H6/c1-15-6-4-7-17(12-15)8-5-11-23-22(25)20-21(27-14-24-20)18-9-10-19(26-3)16(2)13-18;1-2/h4,6-7,9-10,12-13,24H,5,8,11,14H2,1-3H3,(H,23,25);1-2H3. The quantitative estimate of drug-likeness (QED) is 0.684. The van der Waals surface area contributed by atoms with E-state index in [-0.39, 0.29) is 5.91 Å². The molecule has 1 aliphatic heterocycles. The summed E-state index contributed by atoms with van der Waals surface area (Å²) in [5.74, 6) is 1.25.